The third-order valence-electron chi connectivity index (χ3n) is 4.70. The average Bonchev–Trinajstić information content (AvgIpc) is 3.16. The van der Waals surface area contributed by atoms with Crippen molar-refractivity contribution in [2.75, 3.05) is 30.4 Å². The van der Waals surface area contributed by atoms with Crippen LogP contribution < -0.4 is 10.2 Å². The number of hydrogen-bond donors (Lipinski definition) is 1. The highest BCUT2D eigenvalue weighted by Crippen LogP contribution is 2.25. The smallest absolute Gasteiger partial charge is 0.339 e. The van der Waals surface area contributed by atoms with Gasteiger partial charge < -0.3 is 15.0 Å². The first-order valence-electron chi connectivity index (χ1n) is 8.76. The summed E-state index contributed by atoms with van der Waals surface area (Å²) in [5.41, 5.74) is 3.67. The van der Waals surface area contributed by atoms with Gasteiger partial charge in [0.15, 0.2) is 0 Å². The zero-order valence-corrected chi connectivity index (χ0v) is 15.1. The molecule has 1 N–H and O–H groups in total. The highest BCUT2D eigenvalue weighted by atomic mass is 16.5. The number of methoxy groups -OCH3 is 1. The molecule has 25 heavy (non-hydrogen) atoms. The molecule has 1 unspecified atom stereocenters. The molecule has 1 saturated heterocycles. The molecule has 1 aliphatic rings. The summed E-state index contributed by atoms with van der Waals surface area (Å²) in [6, 6.07) is 12.4. The van der Waals surface area contributed by atoms with E-state index in [0.717, 1.165) is 18.9 Å². The Balaban J connectivity index is 1.73. The third-order valence-corrected chi connectivity index (χ3v) is 4.70. The van der Waals surface area contributed by atoms with E-state index in [-0.39, 0.29) is 12.0 Å². The SMILES string of the molecule is COC(=O)c1ccc(NC(C)c2cccc(N3CCCC3)c2)nc1C. The number of ether oxygens (including phenoxy) is 1. The Labute approximate surface area is 149 Å². The fourth-order valence-electron chi connectivity index (χ4n) is 3.24. The van der Waals surface area contributed by atoms with E-state index >= 15 is 0 Å². The largest absolute Gasteiger partial charge is 0.465 e. The minimum atomic E-state index is -0.358. The van der Waals surface area contributed by atoms with Gasteiger partial charge in [-0.25, -0.2) is 9.78 Å². The summed E-state index contributed by atoms with van der Waals surface area (Å²) in [6.07, 6.45) is 2.54. The van der Waals surface area contributed by atoms with Gasteiger partial charge in [0.05, 0.1) is 24.4 Å². The number of anilines is 2. The minimum absolute atomic E-state index is 0.124. The van der Waals surface area contributed by atoms with Crippen LogP contribution in [0, 0.1) is 6.92 Å². The predicted octanol–water partition coefficient (Wildman–Crippen LogP) is 3.95. The maximum absolute atomic E-state index is 11.7. The summed E-state index contributed by atoms with van der Waals surface area (Å²) in [6.45, 7) is 6.21. The minimum Gasteiger partial charge on any atom is -0.465 e. The van der Waals surface area contributed by atoms with Gasteiger partial charge in [-0.2, -0.15) is 0 Å². The molecule has 0 spiro atoms. The highest BCUT2D eigenvalue weighted by Gasteiger charge is 2.15. The maximum atomic E-state index is 11.7. The fourth-order valence-corrected chi connectivity index (χ4v) is 3.24. The number of aromatic nitrogens is 1. The van der Waals surface area contributed by atoms with Crippen LogP contribution in [0.15, 0.2) is 36.4 Å². The monoisotopic (exact) mass is 339 g/mol. The second-order valence-electron chi connectivity index (χ2n) is 6.48. The molecule has 5 heteroatoms. The quantitative estimate of drug-likeness (QED) is 0.836. The average molecular weight is 339 g/mol. The third kappa shape index (κ3) is 3.92. The van der Waals surface area contributed by atoms with E-state index < -0.39 is 0 Å². The number of rotatable bonds is 5. The summed E-state index contributed by atoms with van der Waals surface area (Å²) >= 11 is 0. The summed E-state index contributed by atoms with van der Waals surface area (Å²) in [5, 5.41) is 3.42. The standard InChI is InChI=1S/C20H25N3O2/c1-14(16-7-6-8-17(13-16)23-11-4-5-12-23)21-19-10-9-18(15(2)22-19)20(24)25-3/h6-10,13-14H,4-5,11-12H2,1-3H3,(H,21,22). The maximum Gasteiger partial charge on any atom is 0.339 e. The van der Waals surface area contributed by atoms with Gasteiger partial charge in [0.25, 0.3) is 0 Å². The second kappa shape index (κ2) is 7.55. The van der Waals surface area contributed by atoms with Crippen LogP contribution in [-0.4, -0.2) is 31.2 Å². The first-order valence-corrected chi connectivity index (χ1v) is 8.76. The lowest BCUT2D eigenvalue weighted by Gasteiger charge is -2.21. The molecule has 0 radical (unpaired) electrons. The van der Waals surface area contributed by atoms with Crippen LogP contribution in [0.2, 0.25) is 0 Å². The van der Waals surface area contributed by atoms with Gasteiger partial charge in [-0.15, -0.1) is 0 Å². The van der Waals surface area contributed by atoms with E-state index in [1.54, 1.807) is 6.07 Å². The van der Waals surface area contributed by atoms with Crippen molar-refractivity contribution >= 4 is 17.5 Å². The molecular weight excluding hydrogens is 314 g/mol. The predicted molar refractivity (Wildman–Crippen MR) is 100 cm³/mol. The number of carbonyl (C=O) groups is 1. The lowest BCUT2D eigenvalue weighted by molar-refractivity contribution is 0.0599. The Hall–Kier alpha value is -2.56. The van der Waals surface area contributed by atoms with Gasteiger partial charge in [-0.3, -0.25) is 0 Å². The Morgan fingerprint density at radius 3 is 2.68 bits per heavy atom. The van der Waals surface area contributed by atoms with Crippen LogP contribution in [-0.2, 0) is 4.74 Å². The van der Waals surface area contributed by atoms with Crippen molar-refractivity contribution in [1.82, 2.24) is 4.98 Å². The van der Waals surface area contributed by atoms with Crippen LogP contribution in [0.5, 0.6) is 0 Å². The molecule has 2 aromatic rings. The van der Waals surface area contributed by atoms with Gasteiger partial charge in [0.1, 0.15) is 5.82 Å². The molecule has 0 saturated carbocycles. The first-order chi connectivity index (χ1) is 12.1. The number of esters is 1. The highest BCUT2D eigenvalue weighted by molar-refractivity contribution is 5.90. The Bertz CT molecular complexity index is 754. The van der Waals surface area contributed by atoms with Crippen molar-refractivity contribution in [1.29, 1.82) is 0 Å². The van der Waals surface area contributed by atoms with Crippen molar-refractivity contribution in [3.05, 3.63) is 53.2 Å². The van der Waals surface area contributed by atoms with E-state index in [0.29, 0.717) is 11.3 Å². The summed E-state index contributed by atoms with van der Waals surface area (Å²) in [7, 11) is 1.38. The number of aryl methyl sites for hydroxylation is 1. The molecule has 2 heterocycles. The Kier molecular flexibility index (Phi) is 5.22. The van der Waals surface area contributed by atoms with Gasteiger partial charge in [0.2, 0.25) is 0 Å². The molecule has 0 amide bonds. The summed E-state index contributed by atoms with van der Waals surface area (Å²) < 4.78 is 4.77. The van der Waals surface area contributed by atoms with E-state index in [1.807, 2.05) is 13.0 Å². The van der Waals surface area contributed by atoms with Gasteiger partial charge in [0, 0.05) is 18.8 Å². The van der Waals surface area contributed by atoms with Crippen molar-refractivity contribution < 1.29 is 9.53 Å². The number of nitrogens with zero attached hydrogens (tertiary/aromatic N) is 2. The van der Waals surface area contributed by atoms with Gasteiger partial charge in [-0.1, -0.05) is 12.1 Å². The molecule has 5 nitrogen and oxygen atoms in total. The summed E-state index contributed by atoms with van der Waals surface area (Å²) in [5.74, 6) is 0.396. The van der Waals surface area contributed by atoms with Crippen LogP contribution in [0.1, 0.15) is 47.4 Å². The van der Waals surface area contributed by atoms with Crippen molar-refractivity contribution in [2.45, 2.75) is 32.7 Å². The van der Waals surface area contributed by atoms with Crippen LogP contribution in [0.4, 0.5) is 11.5 Å². The molecule has 0 bridgehead atoms. The van der Waals surface area contributed by atoms with Crippen molar-refractivity contribution in [3.63, 3.8) is 0 Å². The molecule has 1 fully saturated rings. The van der Waals surface area contributed by atoms with E-state index in [4.69, 9.17) is 4.74 Å². The van der Waals surface area contributed by atoms with Crippen molar-refractivity contribution in [3.8, 4) is 0 Å². The van der Waals surface area contributed by atoms with E-state index in [9.17, 15) is 4.79 Å². The number of carbonyl (C=O) groups excluding carboxylic acids is 1. The molecule has 1 aliphatic heterocycles. The van der Waals surface area contributed by atoms with E-state index in [1.165, 1.54) is 31.2 Å². The molecule has 0 aliphatic carbocycles. The van der Waals surface area contributed by atoms with Gasteiger partial charge >= 0.3 is 5.97 Å². The first kappa shape index (κ1) is 17.3. The van der Waals surface area contributed by atoms with Crippen LogP contribution in [0.3, 0.4) is 0 Å². The zero-order valence-electron chi connectivity index (χ0n) is 15.1. The molecule has 132 valence electrons. The number of benzene rings is 1. The van der Waals surface area contributed by atoms with Crippen LogP contribution >= 0.6 is 0 Å². The number of nitrogens with one attached hydrogen (secondary N) is 1. The molecule has 3 rings (SSSR count). The van der Waals surface area contributed by atoms with Crippen LogP contribution in [0.25, 0.3) is 0 Å². The Morgan fingerprint density at radius 2 is 2.00 bits per heavy atom. The van der Waals surface area contributed by atoms with E-state index in [2.05, 4.69) is 46.4 Å². The number of hydrogen-bond acceptors (Lipinski definition) is 5. The summed E-state index contributed by atoms with van der Waals surface area (Å²) in [4.78, 5) is 18.6. The van der Waals surface area contributed by atoms with Crippen molar-refractivity contribution in [2.24, 2.45) is 0 Å². The molecule has 1 aromatic carbocycles. The fraction of sp³-hybridized carbons (Fsp3) is 0.400. The lowest BCUT2D eigenvalue weighted by atomic mass is 10.1. The topological polar surface area (TPSA) is 54.5 Å². The lowest BCUT2D eigenvalue weighted by Crippen LogP contribution is -2.18. The molecular formula is C20H25N3O2. The normalized spacial score (nSPS) is 15.1. The zero-order chi connectivity index (χ0) is 17.8. The molecule has 1 aromatic heterocycles. The second-order valence-corrected chi connectivity index (χ2v) is 6.48. The van der Waals surface area contributed by atoms with Gasteiger partial charge in [-0.05, 0) is 56.5 Å². The Morgan fingerprint density at radius 1 is 1.24 bits per heavy atom. The molecule has 1 atom stereocenters. The number of pyridine rings is 1.